The summed E-state index contributed by atoms with van der Waals surface area (Å²) in [5, 5.41) is 0. The zero-order valence-electron chi connectivity index (χ0n) is 20.8. The highest BCUT2D eigenvalue weighted by molar-refractivity contribution is 6.10. The van der Waals surface area contributed by atoms with E-state index in [1.807, 2.05) is 91.1 Å². The van der Waals surface area contributed by atoms with Crippen LogP contribution in [-0.4, -0.2) is 34.0 Å². The molecule has 0 saturated heterocycles. The molecule has 3 aromatic carbocycles. The summed E-state index contributed by atoms with van der Waals surface area (Å²) >= 11 is 0. The van der Waals surface area contributed by atoms with Gasteiger partial charge in [0.2, 0.25) is 0 Å². The lowest BCUT2D eigenvalue weighted by molar-refractivity contribution is 0.103. The number of anilines is 2. The summed E-state index contributed by atoms with van der Waals surface area (Å²) in [4.78, 5) is 17.2. The van der Waals surface area contributed by atoms with E-state index in [1.54, 1.807) is 0 Å². The Kier molecular flexibility index (Phi) is 8.42. The van der Waals surface area contributed by atoms with E-state index in [1.165, 1.54) is 0 Å². The number of carbonyl (C=O) groups is 1. The molecule has 3 nitrogen and oxygen atoms in total. The Morgan fingerprint density at radius 3 is 1.47 bits per heavy atom. The molecule has 3 rings (SSSR count). The first-order valence-corrected chi connectivity index (χ1v) is 11.1. The smallest absolute Gasteiger partial charge is 0.193 e. The minimum Gasteiger partial charge on any atom is -0.378 e. The van der Waals surface area contributed by atoms with Crippen molar-refractivity contribution >= 4 is 22.7 Å². The van der Waals surface area contributed by atoms with Crippen molar-refractivity contribution in [3.05, 3.63) is 101 Å². The maximum atomic E-state index is 13.1. The quantitative estimate of drug-likeness (QED) is 0.406. The van der Waals surface area contributed by atoms with Gasteiger partial charge in [-0.15, -0.1) is 0 Å². The van der Waals surface area contributed by atoms with E-state index in [-0.39, 0.29) is 5.78 Å². The number of hydrogen-bond donors (Lipinski definition) is 0. The summed E-state index contributed by atoms with van der Waals surface area (Å²) in [6.07, 6.45) is 0. The number of rotatable bonds is 6. The molecule has 3 heteroatoms. The summed E-state index contributed by atoms with van der Waals surface area (Å²) in [5.41, 5.74) is 8.81. The van der Waals surface area contributed by atoms with Crippen molar-refractivity contribution in [2.45, 2.75) is 27.7 Å². The van der Waals surface area contributed by atoms with E-state index in [4.69, 9.17) is 0 Å². The Balaban J connectivity index is 0.00000176. The standard InChI is InChI=1S/C27H30N2O.C2H6/c1-18-17-26(27(30)22-10-14-24(15-11-22)29(6)7)19(2)16-25(18)20(3)21-8-12-23(13-9-21)28(4)5;1-2/h8-17H,3H2,1-2,4-7H3;1-2H3. The minimum absolute atomic E-state index is 0.0494. The summed E-state index contributed by atoms with van der Waals surface area (Å²) < 4.78 is 0. The van der Waals surface area contributed by atoms with Crippen LogP contribution in [0.15, 0.2) is 67.2 Å². The van der Waals surface area contributed by atoms with Gasteiger partial charge < -0.3 is 9.80 Å². The van der Waals surface area contributed by atoms with E-state index in [0.29, 0.717) is 5.56 Å². The van der Waals surface area contributed by atoms with Crippen LogP contribution in [-0.2, 0) is 0 Å². The average Bonchev–Trinajstić information content (AvgIpc) is 2.80. The van der Waals surface area contributed by atoms with Crippen molar-refractivity contribution in [3.8, 4) is 0 Å². The van der Waals surface area contributed by atoms with Gasteiger partial charge in [0, 0.05) is 50.7 Å². The molecule has 0 spiro atoms. The second-order valence-electron chi connectivity index (χ2n) is 8.17. The first-order valence-electron chi connectivity index (χ1n) is 11.1. The number of ketones is 1. The van der Waals surface area contributed by atoms with Gasteiger partial charge >= 0.3 is 0 Å². The second kappa shape index (κ2) is 10.8. The van der Waals surface area contributed by atoms with Crippen LogP contribution in [0.4, 0.5) is 11.4 Å². The Hall–Kier alpha value is -3.33. The van der Waals surface area contributed by atoms with Gasteiger partial charge in [-0.1, -0.05) is 38.6 Å². The molecule has 0 bridgehead atoms. The van der Waals surface area contributed by atoms with E-state index >= 15 is 0 Å². The molecule has 0 N–H and O–H groups in total. The average molecular weight is 429 g/mol. The Morgan fingerprint density at radius 1 is 0.656 bits per heavy atom. The largest absolute Gasteiger partial charge is 0.378 e. The lowest BCUT2D eigenvalue weighted by Gasteiger charge is -2.16. The van der Waals surface area contributed by atoms with Crippen LogP contribution in [0.2, 0.25) is 0 Å². The number of carbonyl (C=O) groups excluding carboxylic acids is 1. The van der Waals surface area contributed by atoms with Gasteiger partial charge in [-0.25, -0.2) is 0 Å². The molecule has 0 aliphatic heterocycles. The molecule has 0 heterocycles. The molecule has 0 aromatic heterocycles. The van der Waals surface area contributed by atoms with Crippen LogP contribution in [0.1, 0.15) is 52.0 Å². The van der Waals surface area contributed by atoms with E-state index in [2.05, 4.69) is 41.8 Å². The zero-order valence-corrected chi connectivity index (χ0v) is 20.8. The third kappa shape index (κ3) is 5.47. The summed E-state index contributed by atoms with van der Waals surface area (Å²) in [6.45, 7) is 12.4. The summed E-state index contributed by atoms with van der Waals surface area (Å²) in [7, 11) is 8.04. The fourth-order valence-electron chi connectivity index (χ4n) is 3.57. The van der Waals surface area contributed by atoms with Crippen LogP contribution < -0.4 is 9.80 Å². The Bertz CT molecular complexity index is 986. The van der Waals surface area contributed by atoms with Gasteiger partial charge in [-0.2, -0.15) is 0 Å². The van der Waals surface area contributed by atoms with Crippen LogP contribution in [0, 0.1) is 13.8 Å². The molecule has 0 atom stereocenters. The highest BCUT2D eigenvalue weighted by atomic mass is 16.1. The van der Waals surface area contributed by atoms with Crippen molar-refractivity contribution in [1.29, 1.82) is 0 Å². The number of hydrogen-bond acceptors (Lipinski definition) is 3. The molecule has 32 heavy (non-hydrogen) atoms. The molecular weight excluding hydrogens is 392 g/mol. The predicted octanol–water partition coefficient (Wildman–Crippen LogP) is 6.75. The topological polar surface area (TPSA) is 23.6 Å². The highest BCUT2D eigenvalue weighted by Crippen LogP contribution is 2.29. The fraction of sp³-hybridized carbons (Fsp3) is 0.276. The van der Waals surface area contributed by atoms with E-state index in [0.717, 1.165) is 44.8 Å². The zero-order chi connectivity index (χ0) is 24.0. The van der Waals surface area contributed by atoms with Crippen molar-refractivity contribution in [2.75, 3.05) is 38.0 Å². The molecule has 0 fully saturated rings. The molecule has 168 valence electrons. The Labute approximate surface area is 194 Å². The summed E-state index contributed by atoms with van der Waals surface area (Å²) in [6, 6.07) is 20.2. The van der Waals surface area contributed by atoms with Gasteiger partial charge in [0.15, 0.2) is 5.78 Å². The monoisotopic (exact) mass is 428 g/mol. The van der Waals surface area contributed by atoms with Crippen LogP contribution in [0.3, 0.4) is 0 Å². The van der Waals surface area contributed by atoms with Crippen molar-refractivity contribution < 1.29 is 4.79 Å². The van der Waals surface area contributed by atoms with Gasteiger partial charge in [-0.05, 0) is 84.1 Å². The first-order chi connectivity index (χ1) is 15.2. The number of nitrogens with zero attached hydrogens (tertiary/aromatic N) is 2. The SMILES string of the molecule is C=C(c1ccc(N(C)C)cc1)c1cc(C)c(C(=O)c2ccc(N(C)C)cc2)cc1C.CC. The van der Waals surface area contributed by atoms with Crippen molar-refractivity contribution in [3.63, 3.8) is 0 Å². The first kappa shape index (κ1) is 24.9. The maximum absolute atomic E-state index is 13.1. The third-order valence-corrected chi connectivity index (χ3v) is 5.52. The molecule has 0 radical (unpaired) electrons. The third-order valence-electron chi connectivity index (χ3n) is 5.52. The van der Waals surface area contributed by atoms with Crippen LogP contribution >= 0.6 is 0 Å². The van der Waals surface area contributed by atoms with Crippen molar-refractivity contribution in [1.82, 2.24) is 0 Å². The lowest BCUT2D eigenvalue weighted by atomic mass is 9.89. The Morgan fingerprint density at radius 2 is 1.03 bits per heavy atom. The normalized spacial score (nSPS) is 10.1. The van der Waals surface area contributed by atoms with Gasteiger partial charge in [0.05, 0.1) is 0 Å². The van der Waals surface area contributed by atoms with E-state index < -0.39 is 0 Å². The van der Waals surface area contributed by atoms with Gasteiger partial charge in [0.25, 0.3) is 0 Å². The molecule has 0 aliphatic rings. The molecule has 0 unspecified atom stereocenters. The van der Waals surface area contributed by atoms with Gasteiger partial charge in [-0.3, -0.25) is 4.79 Å². The minimum atomic E-state index is 0.0494. The second-order valence-corrected chi connectivity index (χ2v) is 8.17. The molecular formula is C29H36N2O. The van der Waals surface area contributed by atoms with E-state index in [9.17, 15) is 4.79 Å². The van der Waals surface area contributed by atoms with Crippen LogP contribution in [0.5, 0.6) is 0 Å². The molecule has 3 aromatic rings. The summed E-state index contributed by atoms with van der Waals surface area (Å²) in [5.74, 6) is 0.0494. The van der Waals surface area contributed by atoms with Gasteiger partial charge in [0.1, 0.15) is 0 Å². The fourth-order valence-corrected chi connectivity index (χ4v) is 3.57. The molecule has 0 amide bonds. The lowest BCUT2D eigenvalue weighted by Crippen LogP contribution is -2.10. The van der Waals surface area contributed by atoms with Crippen LogP contribution in [0.25, 0.3) is 5.57 Å². The predicted molar refractivity (Wildman–Crippen MR) is 140 cm³/mol. The van der Waals surface area contributed by atoms with Crippen molar-refractivity contribution in [2.24, 2.45) is 0 Å². The number of benzene rings is 3. The number of aryl methyl sites for hydroxylation is 2. The maximum Gasteiger partial charge on any atom is 0.193 e. The molecule has 0 aliphatic carbocycles. The molecule has 0 saturated carbocycles. The highest BCUT2D eigenvalue weighted by Gasteiger charge is 2.16.